The first-order valence-corrected chi connectivity index (χ1v) is 10.5. The van der Waals surface area contributed by atoms with E-state index in [0.717, 1.165) is 24.2 Å². The Morgan fingerprint density at radius 1 is 1.08 bits per heavy atom. The third-order valence-corrected chi connectivity index (χ3v) is 5.93. The van der Waals surface area contributed by atoms with Crippen LogP contribution in [0.1, 0.15) is 25.3 Å². The van der Waals surface area contributed by atoms with Gasteiger partial charge in [-0.05, 0) is 42.7 Å². The minimum Gasteiger partial charge on any atom is -0.340 e. The SMILES string of the molecule is CCCc1ccc2c(c1)Sc1ccccc1N2CCCS(=O)(=O)O. The fourth-order valence-corrected chi connectivity index (χ4v) is 4.62. The lowest BCUT2D eigenvalue weighted by Crippen LogP contribution is -2.23. The van der Waals surface area contributed by atoms with Gasteiger partial charge < -0.3 is 4.90 Å². The molecule has 0 aromatic heterocycles. The van der Waals surface area contributed by atoms with Crippen LogP contribution < -0.4 is 4.90 Å². The molecule has 0 aliphatic carbocycles. The zero-order valence-corrected chi connectivity index (χ0v) is 15.2. The summed E-state index contributed by atoms with van der Waals surface area (Å²) in [5, 5.41) is 0. The highest BCUT2D eigenvalue weighted by molar-refractivity contribution is 7.99. The van der Waals surface area contributed by atoms with Gasteiger partial charge in [0.1, 0.15) is 0 Å². The van der Waals surface area contributed by atoms with Gasteiger partial charge in [0.2, 0.25) is 0 Å². The summed E-state index contributed by atoms with van der Waals surface area (Å²) >= 11 is 1.76. The topological polar surface area (TPSA) is 57.6 Å². The Kier molecular flexibility index (Phi) is 5.18. The van der Waals surface area contributed by atoms with E-state index in [4.69, 9.17) is 4.55 Å². The van der Waals surface area contributed by atoms with E-state index in [1.54, 1.807) is 11.8 Å². The lowest BCUT2D eigenvalue weighted by Gasteiger charge is -2.33. The van der Waals surface area contributed by atoms with Gasteiger partial charge in [0.15, 0.2) is 0 Å². The molecule has 0 saturated heterocycles. The Balaban J connectivity index is 1.92. The summed E-state index contributed by atoms with van der Waals surface area (Å²) < 4.78 is 31.0. The van der Waals surface area contributed by atoms with Crippen LogP contribution in [0, 0.1) is 0 Å². The molecule has 6 heteroatoms. The van der Waals surface area contributed by atoms with Crippen molar-refractivity contribution in [2.45, 2.75) is 36.0 Å². The average molecular weight is 364 g/mol. The van der Waals surface area contributed by atoms with E-state index in [2.05, 4.69) is 42.2 Å². The first kappa shape index (κ1) is 17.3. The van der Waals surface area contributed by atoms with Crippen molar-refractivity contribution >= 4 is 33.3 Å². The van der Waals surface area contributed by atoms with Crippen LogP contribution in [0.2, 0.25) is 0 Å². The summed E-state index contributed by atoms with van der Waals surface area (Å²) in [4.78, 5) is 4.53. The predicted octanol–water partition coefficient (Wildman–Crippen LogP) is 4.52. The molecule has 0 atom stereocenters. The first-order chi connectivity index (χ1) is 11.5. The molecule has 1 aliphatic heterocycles. The van der Waals surface area contributed by atoms with Gasteiger partial charge in [-0.15, -0.1) is 0 Å². The first-order valence-electron chi connectivity index (χ1n) is 8.10. The number of hydrogen-bond donors (Lipinski definition) is 1. The molecule has 0 bridgehead atoms. The van der Waals surface area contributed by atoms with Crippen LogP contribution in [0.5, 0.6) is 0 Å². The largest absolute Gasteiger partial charge is 0.340 e. The minimum absolute atomic E-state index is 0.220. The van der Waals surface area contributed by atoms with Crippen LogP contribution >= 0.6 is 11.8 Å². The molecule has 24 heavy (non-hydrogen) atoms. The van der Waals surface area contributed by atoms with Gasteiger partial charge in [-0.2, -0.15) is 8.42 Å². The van der Waals surface area contributed by atoms with Gasteiger partial charge >= 0.3 is 0 Å². The van der Waals surface area contributed by atoms with E-state index in [1.807, 2.05) is 12.1 Å². The maximum atomic E-state index is 11.0. The van der Waals surface area contributed by atoms with Crippen molar-refractivity contribution in [3.05, 3.63) is 48.0 Å². The van der Waals surface area contributed by atoms with Gasteiger partial charge in [-0.3, -0.25) is 4.55 Å². The molecule has 0 radical (unpaired) electrons. The normalized spacial score (nSPS) is 13.5. The molecule has 2 aromatic carbocycles. The van der Waals surface area contributed by atoms with Crippen molar-refractivity contribution in [1.82, 2.24) is 0 Å². The van der Waals surface area contributed by atoms with E-state index >= 15 is 0 Å². The van der Waals surface area contributed by atoms with Crippen molar-refractivity contribution < 1.29 is 13.0 Å². The van der Waals surface area contributed by atoms with Crippen LogP contribution in [-0.2, 0) is 16.5 Å². The Morgan fingerprint density at radius 2 is 1.83 bits per heavy atom. The van der Waals surface area contributed by atoms with E-state index in [0.29, 0.717) is 13.0 Å². The second kappa shape index (κ2) is 7.17. The number of anilines is 2. The summed E-state index contributed by atoms with van der Waals surface area (Å²) in [5.74, 6) is -0.220. The van der Waals surface area contributed by atoms with Crippen molar-refractivity contribution in [3.8, 4) is 0 Å². The summed E-state index contributed by atoms with van der Waals surface area (Å²) in [6, 6.07) is 14.6. The molecule has 1 aliphatic rings. The lowest BCUT2D eigenvalue weighted by molar-refractivity contribution is 0.481. The second-order valence-electron chi connectivity index (χ2n) is 5.91. The number of rotatable bonds is 6. The molecule has 0 spiro atoms. The summed E-state index contributed by atoms with van der Waals surface area (Å²) in [6.07, 6.45) is 2.55. The quantitative estimate of drug-likeness (QED) is 0.765. The van der Waals surface area contributed by atoms with E-state index in [-0.39, 0.29) is 5.75 Å². The maximum Gasteiger partial charge on any atom is 0.264 e. The molecule has 0 unspecified atom stereocenters. The molecular formula is C18H21NO3S2. The Hall–Kier alpha value is -1.50. The zero-order chi connectivity index (χ0) is 17.2. The van der Waals surface area contributed by atoms with Crippen LogP contribution in [0.4, 0.5) is 11.4 Å². The zero-order valence-electron chi connectivity index (χ0n) is 13.6. The van der Waals surface area contributed by atoms with Crippen LogP contribution in [-0.4, -0.2) is 25.3 Å². The van der Waals surface area contributed by atoms with Gasteiger partial charge in [0.25, 0.3) is 10.1 Å². The van der Waals surface area contributed by atoms with Crippen LogP contribution in [0.3, 0.4) is 0 Å². The number of hydrogen-bond acceptors (Lipinski definition) is 4. The van der Waals surface area contributed by atoms with Gasteiger partial charge in [-0.1, -0.05) is 43.3 Å². The van der Waals surface area contributed by atoms with E-state index in [9.17, 15) is 8.42 Å². The molecule has 1 N–H and O–H groups in total. The minimum atomic E-state index is -3.93. The molecular weight excluding hydrogens is 342 g/mol. The summed E-state index contributed by atoms with van der Waals surface area (Å²) in [5.41, 5.74) is 3.52. The molecule has 0 amide bonds. The third kappa shape index (κ3) is 3.94. The number of fused-ring (bicyclic) bond motifs is 2. The standard InChI is InChI=1S/C18H21NO3S2/c1-2-6-14-9-10-16-18(13-14)23-17-8-4-3-7-15(17)19(16)11-5-12-24(20,21)22/h3-4,7-10,13H,2,5-6,11-12H2,1H3,(H,20,21,22). The smallest absolute Gasteiger partial charge is 0.264 e. The monoisotopic (exact) mass is 363 g/mol. The highest BCUT2D eigenvalue weighted by atomic mass is 32.2. The van der Waals surface area contributed by atoms with Crippen molar-refractivity contribution in [1.29, 1.82) is 0 Å². The Bertz CT molecular complexity index is 834. The second-order valence-corrected chi connectivity index (χ2v) is 8.57. The Morgan fingerprint density at radius 3 is 2.58 bits per heavy atom. The summed E-state index contributed by atoms with van der Waals surface area (Å²) in [6.45, 7) is 2.72. The average Bonchev–Trinajstić information content (AvgIpc) is 2.53. The van der Waals surface area contributed by atoms with Gasteiger partial charge in [0.05, 0.1) is 17.1 Å². The van der Waals surface area contributed by atoms with Crippen molar-refractivity contribution in [3.63, 3.8) is 0 Å². The predicted molar refractivity (Wildman–Crippen MR) is 99.0 cm³/mol. The molecule has 0 fully saturated rings. The molecule has 0 saturated carbocycles. The third-order valence-electron chi connectivity index (χ3n) is 4.01. The van der Waals surface area contributed by atoms with Crippen molar-refractivity contribution in [2.75, 3.05) is 17.2 Å². The number of aryl methyl sites for hydroxylation is 1. The number of para-hydroxylation sites is 1. The van der Waals surface area contributed by atoms with Crippen LogP contribution in [0.25, 0.3) is 0 Å². The molecule has 3 rings (SSSR count). The molecule has 128 valence electrons. The molecule has 4 nitrogen and oxygen atoms in total. The van der Waals surface area contributed by atoms with E-state index in [1.165, 1.54) is 15.4 Å². The highest BCUT2D eigenvalue weighted by Crippen LogP contribution is 2.48. The van der Waals surface area contributed by atoms with Gasteiger partial charge in [-0.25, -0.2) is 0 Å². The number of benzene rings is 2. The molecule has 1 heterocycles. The number of nitrogens with zero attached hydrogens (tertiary/aromatic N) is 1. The Labute approximate surface area is 147 Å². The fraction of sp³-hybridized carbons (Fsp3) is 0.333. The lowest BCUT2D eigenvalue weighted by atomic mass is 10.1. The van der Waals surface area contributed by atoms with Gasteiger partial charge in [0, 0.05) is 16.3 Å². The van der Waals surface area contributed by atoms with Crippen molar-refractivity contribution in [2.24, 2.45) is 0 Å². The highest BCUT2D eigenvalue weighted by Gasteiger charge is 2.23. The summed E-state index contributed by atoms with van der Waals surface area (Å²) in [7, 11) is -3.93. The maximum absolute atomic E-state index is 11.0. The van der Waals surface area contributed by atoms with E-state index < -0.39 is 10.1 Å². The van der Waals surface area contributed by atoms with Crippen LogP contribution in [0.15, 0.2) is 52.3 Å². The molecule has 2 aromatic rings. The fourth-order valence-electron chi connectivity index (χ4n) is 2.97.